The topological polar surface area (TPSA) is 110 Å². The number of nitrogens with one attached hydrogen (secondary N) is 3. The molecule has 1 saturated heterocycles. The van der Waals surface area contributed by atoms with Crippen LogP contribution in [0.4, 0.5) is 16.2 Å². The van der Waals surface area contributed by atoms with Crippen LogP contribution in [0.25, 0.3) is 5.69 Å². The average Bonchev–Trinajstić information content (AvgIpc) is 3.44. The summed E-state index contributed by atoms with van der Waals surface area (Å²) >= 11 is 6.22. The molecule has 0 radical (unpaired) electrons. The second-order valence-electron chi connectivity index (χ2n) is 7.35. The number of rotatable bonds is 6. The number of hydrogen-bond acceptors (Lipinski definition) is 5. The van der Waals surface area contributed by atoms with Crippen LogP contribution >= 0.6 is 11.6 Å². The first kappa shape index (κ1) is 21.8. The molecule has 0 spiro atoms. The van der Waals surface area contributed by atoms with Gasteiger partial charge in [-0.1, -0.05) is 23.7 Å². The Labute approximate surface area is 190 Å². The summed E-state index contributed by atoms with van der Waals surface area (Å²) in [5.41, 5.74) is 1.79. The number of carbonyl (C=O) groups is 2. The van der Waals surface area contributed by atoms with E-state index in [0.29, 0.717) is 34.5 Å². The van der Waals surface area contributed by atoms with Crippen molar-refractivity contribution in [3.63, 3.8) is 0 Å². The van der Waals surface area contributed by atoms with Crippen molar-refractivity contribution >= 4 is 34.9 Å². The van der Waals surface area contributed by atoms with Crippen LogP contribution in [0.15, 0.2) is 48.5 Å². The number of ether oxygens (including phenoxy) is 1. The van der Waals surface area contributed by atoms with Crippen LogP contribution in [0.1, 0.15) is 29.3 Å². The molecule has 0 saturated carbocycles. The minimum absolute atomic E-state index is 0.0260. The number of halogens is 1. The predicted octanol–water partition coefficient (Wildman–Crippen LogP) is 3.78. The molecular formula is C22H23ClN6O3. The molecule has 1 aliphatic heterocycles. The Morgan fingerprint density at radius 1 is 1.12 bits per heavy atom. The number of benzene rings is 2. The van der Waals surface area contributed by atoms with Crippen molar-refractivity contribution in [3.05, 3.63) is 65.2 Å². The third kappa shape index (κ3) is 5.24. The Kier molecular flexibility index (Phi) is 6.67. The molecule has 32 heavy (non-hydrogen) atoms. The minimum atomic E-state index is -0.450. The van der Waals surface area contributed by atoms with Gasteiger partial charge in [-0.2, -0.15) is 0 Å². The molecule has 9 nitrogen and oxygen atoms in total. The number of hydrogen-bond donors (Lipinski definition) is 3. The zero-order chi connectivity index (χ0) is 22.5. The summed E-state index contributed by atoms with van der Waals surface area (Å²) in [5.74, 6) is 0.115. The van der Waals surface area contributed by atoms with E-state index in [-0.39, 0.29) is 18.0 Å². The van der Waals surface area contributed by atoms with Gasteiger partial charge in [-0.15, -0.1) is 5.10 Å². The largest absolute Gasteiger partial charge is 0.376 e. The third-order valence-electron chi connectivity index (χ3n) is 4.97. The third-order valence-corrected chi connectivity index (χ3v) is 5.29. The Balaban J connectivity index is 1.34. The van der Waals surface area contributed by atoms with E-state index >= 15 is 0 Å². The maximum absolute atomic E-state index is 12.6. The monoisotopic (exact) mass is 454 g/mol. The predicted molar refractivity (Wildman–Crippen MR) is 121 cm³/mol. The molecule has 1 aliphatic rings. The normalized spacial score (nSPS) is 15.4. The lowest BCUT2D eigenvalue weighted by molar-refractivity contribution is 0.101. The van der Waals surface area contributed by atoms with Crippen molar-refractivity contribution in [1.82, 2.24) is 20.1 Å². The summed E-state index contributed by atoms with van der Waals surface area (Å²) in [5, 5.41) is 13.1. The van der Waals surface area contributed by atoms with Crippen molar-refractivity contribution in [1.29, 1.82) is 0 Å². The van der Waals surface area contributed by atoms with Gasteiger partial charge in [0.2, 0.25) is 5.82 Å². The highest BCUT2D eigenvalue weighted by Gasteiger charge is 2.18. The summed E-state index contributed by atoms with van der Waals surface area (Å²) < 4.78 is 7.01. The molecule has 1 atom stereocenters. The number of anilines is 2. The highest BCUT2D eigenvalue weighted by Crippen LogP contribution is 2.20. The number of nitrogens with zero attached hydrogens (tertiary/aromatic N) is 3. The molecular weight excluding hydrogens is 432 g/mol. The Morgan fingerprint density at radius 2 is 1.84 bits per heavy atom. The van der Waals surface area contributed by atoms with Gasteiger partial charge >= 0.3 is 6.03 Å². The quantitative estimate of drug-likeness (QED) is 0.525. The van der Waals surface area contributed by atoms with Crippen LogP contribution in [-0.2, 0) is 4.74 Å². The molecule has 10 heteroatoms. The standard InChI is InChI=1S/C22H23ClN6O3/c1-14-25-20(28-29(14)19-7-3-2-6-18(19)23)21(30)26-15-8-10-16(11-9-15)27-22(31)24-13-17-5-4-12-32-17/h2-3,6-11,17H,4-5,12-13H2,1H3,(H,26,30)(H2,24,27,31). The molecule has 3 aromatic rings. The first-order chi connectivity index (χ1) is 15.5. The molecule has 0 aliphatic carbocycles. The zero-order valence-electron chi connectivity index (χ0n) is 17.5. The van der Waals surface area contributed by atoms with Crippen molar-refractivity contribution < 1.29 is 14.3 Å². The van der Waals surface area contributed by atoms with Gasteiger partial charge in [-0.3, -0.25) is 4.79 Å². The van der Waals surface area contributed by atoms with Crippen LogP contribution < -0.4 is 16.0 Å². The first-order valence-corrected chi connectivity index (χ1v) is 10.6. The van der Waals surface area contributed by atoms with E-state index in [1.54, 1.807) is 43.3 Å². The van der Waals surface area contributed by atoms with Crippen LogP contribution in [0.2, 0.25) is 5.02 Å². The Hall–Kier alpha value is -3.43. The van der Waals surface area contributed by atoms with Crippen LogP contribution in [0.5, 0.6) is 0 Å². The molecule has 1 aromatic heterocycles. The maximum Gasteiger partial charge on any atom is 0.319 e. The number of amides is 3. The fourth-order valence-corrected chi connectivity index (χ4v) is 3.56. The van der Waals surface area contributed by atoms with E-state index < -0.39 is 5.91 Å². The van der Waals surface area contributed by atoms with E-state index in [1.165, 1.54) is 4.68 Å². The number of carbonyl (C=O) groups excluding carboxylic acids is 2. The Morgan fingerprint density at radius 3 is 2.53 bits per heavy atom. The highest BCUT2D eigenvalue weighted by atomic mass is 35.5. The van der Waals surface area contributed by atoms with Crippen LogP contribution in [0, 0.1) is 6.92 Å². The van der Waals surface area contributed by atoms with Gasteiger partial charge in [-0.05, 0) is 56.2 Å². The molecule has 1 fully saturated rings. The molecule has 2 heterocycles. The van der Waals surface area contributed by atoms with E-state index in [2.05, 4.69) is 26.0 Å². The van der Waals surface area contributed by atoms with Gasteiger partial charge in [0.05, 0.1) is 16.8 Å². The van der Waals surface area contributed by atoms with Crippen LogP contribution in [-0.4, -0.2) is 46.0 Å². The van der Waals surface area contributed by atoms with Crippen LogP contribution in [0.3, 0.4) is 0 Å². The lowest BCUT2D eigenvalue weighted by Crippen LogP contribution is -2.35. The van der Waals surface area contributed by atoms with Gasteiger partial charge in [-0.25, -0.2) is 14.5 Å². The second kappa shape index (κ2) is 9.80. The lowest BCUT2D eigenvalue weighted by atomic mass is 10.2. The Bertz CT molecular complexity index is 1110. The molecule has 2 aromatic carbocycles. The SMILES string of the molecule is Cc1nc(C(=O)Nc2ccc(NC(=O)NCC3CCCO3)cc2)nn1-c1ccccc1Cl. The number of urea groups is 1. The average molecular weight is 455 g/mol. The summed E-state index contributed by atoms with van der Waals surface area (Å²) in [6, 6.07) is 13.7. The maximum atomic E-state index is 12.6. The first-order valence-electron chi connectivity index (χ1n) is 10.3. The summed E-state index contributed by atoms with van der Waals surface area (Å²) in [7, 11) is 0. The summed E-state index contributed by atoms with van der Waals surface area (Å²) in [4.78, 5) is 28.9. The fraction of sp³-hybridized carbons (Fsp3) is 0.273. The second-order valence-corrected chi connectivity index (χ2v) is 7.75. The molecule has 0 bridgehead atoms. The number of para-hydroxylation sites is 1. The van der Waals surface area contributed by atoms with E-state index in [9.17, 15) is 9.59 Å². The number of aryl methyl sites for hydroxylation is 1. The molecule has 3 amide bonds. The highest BCUT2D eigenvalue weighted by molar-refractivity contribution is 6.32. The number of aromatic nitrogens is 3. The van der Waals surface area contributed by atoms with E-state index in [1.807, 2.05) is 12.1 Å². The molecule has 1 unspecified atom stereocenters. The van der Waals surface area contributed by atoms with Gasteiger partial charge < -0.3 is 20.7 Å². The summed E-state index contributed by atoms with van der Waals surface area (Å²) in [6.07, 6.45) is 2.06. The lowest BCUT2D eigenvalue weighted by Gasteiger charge is -2.12. The van der Waals surface area contributed by atoms with Gasteiger partial charge in [0.1, 0.15) is 5.82 Å². The van der Waals surface area contributed by atoms with Crippen molar-refractivity contribution in [2.24, 2.45) is 0 Å². The van der Waals surface area contributed by atoms with Crippen molar-refractivity contribution in [2.45, 2.75) is 25.9 Å². The zero-order valence-corrected chi connectivity index (χ0v) is 18.2. The summed E-state index contributed by atoms with van der Waals surface area (Å²) in [6.45, 7) is 2.97. The smallest absolute Gasteiger partial charge is 0.319 e. The van der Waals surface area contributed by atoms with Gasteiger partial charge in [0.25, 0.3) is 5.91 Å². The fourth-order valence-electron chi connectivity index (χ4n) is 3.35. The minimum Gasteiger partial charge on any atom is -0.376 e. The van der Waals surface area contributed by atoms with E-state index in [0.717, 1.165) is 19.4 Å². The van der Waals surface area contributed by atoms with Gasteiger partial charge in [0.15, 0.2) is 0 Å². The van der Waals surface area contributed by atoms with E-state index in [4.69, 9.17) is 16.3 Å². The van der Waals surface area contributed by atoms with Gasteiger partial charge in [0, 0.05) is 24.5 Å². The molecule has 166 valence electrons. The van der Waals surface area contributed by atoms with Crippen molar-refractivity contribution in [2.75, 3.05) is 23.8 Å². The molecule has 3 N–H and O–H groups in total. The molecule has 4 rings (SSSR count). The van der Waals surface area contributed by atoms with Crippen molar-refractivity contribution in [3.8, 4) is 5.69 Å².